The van der Waals surface area contributed by atoms with Crippen molar-refractivity contribution in [2.75, 3.05) is 12.3 Å². The number of carboxylic acids is 1. The van der Waals surface area contributed by atoms with E-state index in [1.807, 2.05) is 0 Å². The maximum atomic E-state index is 13.0. The normalized spacial score (nSPS) is 27.8. The highest BCUT2D eigenvalue weighted by Crippen LogP contribution is 2.22. The number of nitrogens with zero attached hydrogens (tertiary/aromatic N) is 1. The number of carbonyl (C=O) groups excluding carboxylic acids is 1. The zero-order valence-electron chi connectivity index (χ0n) is 8.39. The number of likely N-dealkylation sites (tertiary alicyclic amines) is 1. The summed E-state index contributed by atoms with van der Waals surface area (Å²) in [7, 11) is 0. The summed E-state index contributed by atoms with van der Waals surface area (Å²) in [6.07, 6.45) is -1.34. The Hall–Kier alpha value is -0.780. The minimum absolute atomic E-state index is 0.111. The first-order valence-corrected chi connectivity index (χ1v) is 5.38. The smallest absolute Gasteiger partial charge is 0.326 e. The van der Waals surface area contributed by atoms with E-state index in [1.54, 1.807) is 6.92 Å². The Morgan fingerprint density at radius 2 is 2.27 bits per heavy atom. The molecule has 0 spiro atoms. The Morgan fingerprint density at radius 3 is 2.73 bits per heavy atom. The summed E-state index contributed by atoms with van der Waals surface area (Å²) in [4.78, 5) is 23.6. The van der Waals surface area contributed by atoms with Crippen LogP contribution in [0, 0.1) is 5.92 Å². The summed E-state index contributed by atoms with van der Waals surface area (Å²) >= 11 is 3.96. The maximum Gasteiger partial charge on any atom is 0.326 e. The Labute approximate surface area is 92.9 Å². The molecular weight excluding hydrogens is 220 g/mol. The van der Waals surface area contributed by atoms with Crippen LogP contribution in [-0.4, -0.2) is 46.4 Å². The van der Waals surface area contributed by atoms with Crippen LogP contribution in [0.15, 0.2) is 0 Å². The summed E-state index contributed by atoms with van der Waals surface area (Å²) in [5.41, 5.74) is 0. The van der Waals surface area contributed by atoms with Gasteiger partial charge in [0.05, 0.1) is 6.54 Å². The van der Waals surface area contributed by atoms with Crippen molar-refractivity contribution >= 4 is 24.5 Å². The van der Waals surface area contributed by atoms with E-state index < -0.39 is 18.2 Å². The Bertz CT molecular complexity index is 274. The first-order chi connectivity index (χ1) is 6.97. The average molecular weight is 234 g/mol. The lowest BCUT2D eigenvalue weighted by Gasteiger charge is -2.23. The third-order valence-corrected chi connectivity index (χ3v) is 3.06. The summed E-state index contributed by atoms with van der Waals surface area (Å²) in [5, 5.41) is 8.83. The molecule has 0 aromatic rings. The van der Waals surface area contributed by atoms with Crippen LogP contribution in [0.2, 0.25) is 0 Å². The highest BCUT2D eigenvalue weighted by Gasteiger charge is 2.40. The van der Waals surface area contributed by atoms with Gasteiger partial charge in [-0.15, -0.1) is 0 Å². The van der Waals surface area contributed by atoms with Crippen molar-refractivity contribution < 1.29 is 19.1 Å². The standard InChI is InChI=1S/C9H14FNO3S/c1-5(4-15)8(12)11-3-6(10)2-7(11)9(13)14/h5-7,15H,2-4H2,1H3,(H,13,14)/i10-1. The van der Waals surface area contributed by atoms with Crippen LogP contribution in [0.4, 0.5) is 4.39 Å². The predicted octanol–water partition coefficient (Wildman–Crippen LogP) is 0.576. The summed E-state index contributed by atoms with van der Waals surface area (Å²) in [6.45, 7) is 1.54. The number of alkyl halides is 1. The summed E-state index contributed by atoms with van der Waals surface area (Å²) in [6, 6.07) is -1.02. The van der Waals surface area contributed by atoms with Gasteiger partial charge >= 0.3 is 5.97 Å². The van der Waals surface area contributed by atoms with Gasteiger partial charge in [-0.05, 0) is 0 Å². The van der Waals surface area contributed by atoms with Gasteiger partial charge in [0.25, 0.3) is 0 Å². The fourth-order valence-electron chi connectivity index (χ4n) is 1.62. The zero-order chi connectivity index (χ0) is 11.6. The van der Waals surface area contributed by atoms with E-state index >= 15 is 0 Å². The van der Waals surface area contributed by atoms with E-state index in [0.717, 1.165) is 4.90 Å². The summed E-state index contributed by atoms with van der Waals surface area (Å²) < 4.78 is 13.0. The number of aliphatic carboxylic acids is 1. The monoisotopic (exact) mass is 234 g/mol. The number of hydrogen-bond acceptors (Lipinski definition) is 3. The second-order valence-corrected chi connectivity index (χ2v) is 4.13. The van der Waals surface area contributed by atoms with Gasteiger partial charge < -0.3 is 10.0 Å². The number of hydrogen-bond donors (Lipinski definition) is 2. The Balaban J connectivity index is 2.75. The van der Waals surface area contributed by atoms with Crippen LogP contribution in [0.3, 0.4) is 0 Å². The lowest BCUT2D eigenvalue weighted by atomic mass is 10.1. The molecule has 0 aliphatic carbocycles. The molecule has 1 heterocycles. The minimum atomic E-state index is -1.23. The van der Waals surface area contributed by atoms with Crippen LogP contribution in [0.1, 0.15) is 13.3 Å². The number of halogens is 1. The van der Waals surface area contributed by atoms with E-state index in [2.05, 4.69) is 12.6 Å². The van der Waals surface area contributed by atoms with Crippen molar-refractivity contribution in [3.05, 3.63) is 0 Å². The van der Waals surface area contributed by atoms with Crippen molar-refractivity contribution in [3.63, 3.8) is 0 Å². The van der Waals surface area contributed by atoms with Crippen molar-refractivity contribution in [2.45, 2.75) is 25.6 Å². The SMILES string of the molecule is CC(CS)C(=O)N1CC([18F])CC1C(=O)O. The lowest BCUT2D eigenvalue weighted by Crippen LogP contribution is -2.43. The van der Waals surface area contributed by atoms with Crippen molar-refractivity contribution in [1.82, 2.24) is 4.90 Å². The molecule has 0 bridgehead atoms. The third kappa shape index (κ3) is 2.62. The largest absolute Gasteiger partial charge is 0.480 e. The van der Waals surface area contributed by atoms with Crippen LogP contribution >= 0.6 is 12.6 Å². The van der Waals surface area contributed by atoms with Gasteiger partial charge in [0, 0.05) is 18.1 Å². The van der Waals surface area contributed by atoms with Crippen molar-refractivity contribution in [3.8, 4) is 0 Å². The molecule has 0 radical (unpaired) electrons. The van der Waals surface area contributed by atoms with Crippen LogP contribution in [-0.2, 0) is 9.59 Å². The van der Waals surface area contributed by atoms with Gasteiger partial charge in [-0.2, -0.15) is 12.6 Å². The third-order valence-electron chi connectivity index (χ3n) is 2.51. The van der Waals surface area contributed by atoms with Gasteiger partial charge in [0.1, 0.15) is 12.2 Å². The minimum Gasteiger partial charge on any atom is -0.480 e. The molecule has 0 aromatic carbocycles. The first-order valence-electron chi connectivity index (χ1n) is 4.75. The van der Waals surface area contributed by atoms with E-state index in [-0.39, 0.29) is 24.8 Å². The van der Waals surface area contributed by atoms with E-state index in [9.17, 15) is 14.0 Å². The molecule has 1 N–H and O–H groups in total. The number of thiol groups is 1. The molecule has 15 heavy (non-hydrogen) atoms. The van der Waals surface area contributed by atoms with Gasteiger partial charge in [0.15, 0.2) is 0 Å². The molecule has 1 aliphatic heterocycles. The topological polar surface area (TPSA) is 57.6 Å². The molecule has 4 nitrogen and oxygen atoms in total. The number of carbonyl (C=O) groups is 2. The predicted molar refractivity (Wildman–Crippen MR) is 55.7 cm³/mol. The molecule has 1 rings (SSSR count). The molecule has 1 fully saturated rings. The lowest BCUT2D eigenvalue weighted by molar-refractivity contribution is -0.149. The zero-order valence-corrected chi connectivity index (χ0v) is 9.28. The fourth-order valence-corrected chi connectivity index (χ4v) is 1.78. The van der Waals surface area contributed by atoms with Gasteiger partial charge in [-0.1, -0.05) is 6.92 Å². The molecule has 1 saturated heterocycles. The summed E-state index contributed by atoms with van der Waals surface area (Å²) in [5.74, 6) is -1.52. The molecule has 0 saturated carbocycles. The van der Waals surface area contributed by atoms with Gasteiger partial charge in [0.2, 0.25) is 5.91 Å². The number of carboxylic acid groups (broad SMARTS) is 1. The second-order valence-electron chi connectivity index (χ2n) is 3.76. The molecule has 86 valence electrons. The number of rotatable bonds is 3. The molecule has 1 amide bonds. The molecule has 1 aliphatic rings. The average Bonchev–Trinajstić information content (AvgIpc) is 2.58. The highest BCUT2D eigenvalue weighted by molar-refractivity contribution is 7.80. The Morgan fingerprint density at radius 1 is 1.67 bits per heavy atom. The quantitative estimate of drug-likeness (QED) is 0.702. The van der Waals surface area contributed by atoms with E-state index in [4.69, 9.17) is 5.11 Å². The first kappa shape index (κ1) is 12.3. The number of amides is 1. The molecule has 3 unspecified atom stereocenters. The molecule has 6 heteroatoms. The van der Waals surface area contributed by atoms with Crippen LogP contribution < -0.4 is 0 Å². The van der Waals surface area contributed by atoms with E-state index in [0.29, 0.717) is 5.75 Å². The maximum absolute atomic E-state index is 13.0. The highest BCUT2D eigenvalue weighted by atomic mass is 32.1. The van der Waals surface area contributed by atoms with E-state index in [1.165, 1.54) is 0 Å². The van der Waals surface area contributed by atoms with Crippen LogP contribution in [0.25, 0.3) is 0 Å². The Kier molecular flexibility index (Phi) is 3.96. The van der Waals surface area contributed by atoms with Crippen LogP contribution in [0.5, 0.6) is 0 Å². The molecular formula is C9H14FNO3S. The second kappa shape index (κ2) is 4.83. The molecule has 3 atom stereocenters. The van der Waals surface area contributed by atoms with Crippen molar-refractivity contribution in [2.24, 2.45) is 5.92 Å². The fraction of sp³-hybridized carbons (Fsp3) is 0.778. The molecule has 0 aromatic heterocycles. The van der Waals surface area contributed by atoms with Gasteiger partial charge in [-0.25, -0.2) is 9.18 Å². The van der Waals surface area contributed by atoms with Crippen molar-refractivity contribution in [1.29, 1.82) is 0 Å². The van der Waals surface area contributed by atoms with Gasteiger partial charge in [-0.3, -0.25) is 4.79 Å².